The minimum Gasteiger partial charge on any atom is -0.456 e. The monoisotopic (exact) mass is 218 g/mol. The molecule has 0 spiro atoms. The zero-order valence-electron chi connectivity index (χ0n) is 8.77. The van der Waals surface area contributed by atoms with E-state index in [1.54, 1.807) is 12.1 Å². The van der Waals surface area contributed by atoms with Crippen molar-refractivity contribution in [1.82, 2.24) is 0 Å². The van der Waals surface area contributed by atoms with Crippen LogP contribution in [0.25, 0.3) is 21.9 Å². The first kappa shape index (κ1) is 9.45. The number of nitrogens with zero attached hydrogens (tertiary/aromatic N) is 2. The molecule has 0 atom stereocenters. The Morgan fingerprint density at radius 2 is 1.53 bits per heavy atom. The molecule has 0 bridgehead atoms. The van der Waals surface area contributed by atoms with Gasteiger partial charge in [-0.25, -0.2) is 0 Å². The molecule has 3 aromatic rings. The van der Waals surface area contributed by atoms with E-state index in [4.69, 9.17) is 14.9 Å². The highest BCUT2D eigenvalue weighted by Crippen LogP contribution is 2.30. The van der Waals surface area contributed by atoms with Crippen molar-refractivity contribution in [1.29, 1.82) is 10.5 Å². The zero-order chi connectivity index (χ0) is 11.8. The highest BCUT2D eigenvalue weighted by atomic mass is 16.3. The Balaban J connectivity index is 2.52. The van der Waals surface area contributed by atoms with Gasteiger partial charge in [-0.05, 0) is 12.1 Å². The van der Waals surface area contributed by atoms with E-state index in [-0.39, 0.29) is 0 Å². The minimum atomic E-state index is 0.346. The van der Waals surface area contributed by atoms with Crippen molar-refractivity contribution < 1.29 is 4.42 Å². The summed E-state index contributed by atoms with van der Waals surface area (Å²) in [6, 6.07) is 15.0. The molecular weight excluding hydrogens is 212 g/mol. The molecule has 0 fully saturated rings. The van der Waals surface area contributed by atoms with Crippen LogP contribution >= 0.6 is 0 Å². The predicted molar refractivity (Wildman–Crippen MR) is 63.2 cm³/mol. The van der Waals surface area contributed by atoms with Gasteiger partial charge in [-0.3, -0.25) is 0 Å². The van der Waals surface area contributed by atoms with Crippen LogP contribution in [0, 0.1) is 22.7 Å². The average molecular weight is 218 g/mol. The Labute approximate surface area is 97.1 Å². The van der Waals surface area contributed by atoms with Gasteiger partial charge >= 0.3 is 0 Å². The molecule has 0 saturated carbocycles. The molecule has 0 radical (unpaired) electrons. The SMILES string of the molecule is N#Cc1cc2oc3ccccc3c2cc1C#N. The van der Waals surface area contributed by atoms with Gasteiger partial charge in [0, 0.05) is 16.8 Å². The van der Waals surface area contributed by atoms with Gasteiger partial charge in [0.1, 0.15) is 23.3 Å². The summed E-state index contributed by atoms with van der Waals surface area (Å²) < 4.78 is 5.63. The molecule has 0 amide bonds. The summed E-state index contributed by atoms with van der Waals surface area (Å²) in [5.41, 5.74) is 2.13. The maximum atomic E-state index is 8.99. The second-order valence-corrected chi connectivity index (χ2v) is 3.72. The first-order valence-electron chi connectivity index (χ1n) is 5.09. The molecule has 3 rings (SSSR count). The molecule has 3 heteroatoms. The second-order valence-electron chi connectivity index (χ2n) is 3.72. The van der Waals surface area contributed by atoms with Gasteiger partial charge in [-0.2, -0.15) is 10.5 Å². The number of rotatable bonds is 0. The van der Waals surface area contributed by atoms with Crippen molar-refractivity contribution in [2.24, 2.45) is 0 Å². The van der Waals surface area contributed by atoms with Crippen LogP contribution < -0.4 is 0 Å². The Hall–Kier alpha value is -2.78. The molecule has 0 aliphatic carbocycles. The molecule has 0 saturated heterocycles. The zero-order valence-corrected chi connectivity index (χ0v) is 8.77. The summed E-state index contributed by atoms with van der Waals surface area (Å²) in [7, 11) is 0. The lowest BCUT2D eigenvalue weighted by atomic mass is 10.1. The smallest absolute Gasteiger partial charge is 0.136 e. The molecule has 0 aliphatic rings. The van der Waals surface area contributed by atoms with Gasteiger partial charge in [0.05, 0.1) is 11.1 Å². The fourth-order valence-electron chi connectivity index (χ4n) is 1.96. The lowest BCUT2D eigenvalue weighted by molar-refractivity contribution is 0.669. The van der Waals surface area contributed by atoms with E-state index < -0.39 is 0 Å². The summed E-state index contributed by atoms with van der Waals surface area (Å²) >= 11 is 0. The average Bonchev–Trinajstić information content (AvgIpc) is 2.74. The number of benzene rings is 2. The third-order valence-electron chi connectivity index (χ3n) is 2.76. The van der Waals surface area contributed by atoms with E-state index in [9.17, 15) is 0 Å². The van der Waals surface area contributed by atoms with Crippen LogP contribution in [0.2, 0.25) is 0 Å². The second kappa shape index (κ2) is 3.37. The van der Waals surface area contributed by atoms with E-state index >= 15 is 0 Å². The number of fused-ring (bicyclic) bond motifs is 3. The van der Waals surface area contributed by atoms with Crippen LogP contribution in [-0.4, -0.2) is 0 Å². The van der Waals surface area contributed by atoms with Crippen LogP contribution in [0.15, 0.2) is 40.8 Å². The summed E-state index contributed by atoms with van der Waals surface area (Å²) in [5, 5.41) is 19.8. The first-order valence-corrected chi connectivity index (χ1v) is 5.09. The van der Waals surface area contributed by atoms with E-state index in [0.29, 0.717) is 16.7 Å². The largest absolute Gasteiger partial charge is 0.456 e. The molecule has 0 unspecified atom stereocenters. The quantitative estimate of drug-likeness (QED) is 0.581. The number of nitriles is 2. The van der Waals surface area contributed by atoms with E-state index in [2.05, 4.69) is 0 Å². The van der Waals surface area contributed by atoms with Crippen molar-refractivity contribution in [3.05, 3.63) is 47.5 Å². The standard InChI is InChI=1S/C14H6N2O/c15-7-9-5-12-11-3-1-2-4-13(11)17-14(12)6-10(9)8-16/h1-6H. The molecule has 78 valence electrons. The van der Waals surface area contributed by atoms with E-state index in [0.717, 1.165) is 16.4 Å². The molecule has 0 aliphatic heterocycles. The van der Waals surface area contributed by atoms with Gasteiger partial charge in [-0.15, -0.1) is 0 Å². The molecule has 2 aromatic carbocycles. The van der Waals surface area contributed by atoms with Crippen LogP contribution in [-0.2, 0) is 0 Å². The van der Waals surface area contributed by atoms with E-state index in [1.807, 2.05) is 36.4 Å². The topological polar surface area (TPSA) is 60.7 Å². The number of hydrogen-bond acceptors (Lipinski definition) is 3. The fraction of sp³-hybridized carbons (Fsp3) is 0. The van der Waals surface area contributed by atoms with Crippen molar-refractivity contribution in [2.45, 2.75) is 0 Å². The molecule has 0 N–H and O–H groups in total. The van der Waals surface area contributed by atoms with Crippen molar-refractivity contribution >= 4 is 21.9 Å². The minimum absolute atomic E-state index is 0.346. The Morgan fingerprint density at radius 3 is 2.29 bits per heavy atom. The van der Waals surface area contributed by atoms with Gasteiger partial charge in [0.2, 0.25) is 0 Å². The number of para-hydroxylation sites is 1. The van der Waals surface area contributed by atoms with Crippen LogP contribution in [0.4, 0.5) is 0 Å². The normalized spacial score (nSPS) is 10.2. The fourth-order valence-corrected chi connectivity index (χ4v) is 1.96. The number of furan rings is 1. The van der Waals surface area contributed by atoms with Gasteiger partial charge < -0.3 is 4.42 Å². The third-order valence-corrected chi connectivity index (χ3v) is 2.76. The molecule has 1 aromatic heterocycles. The summed E-state index contributed by atoms with van der Waals surface area (Å²) in [5.74, 6) is 0. The predicted octanol–water partition coefficient (Wildman–Crippen LogP) is 3.33. The Morgan fingerprint density at radius 1 is 0.824 bits per heavy atom. The highest BCUT2D eigenvalue weighted by molar-refractivity contribution is 6.05. The third kappa shape index (κ3) is 1.27. The van der Waals surface area contributed by atoms with Gasteiger partial charge in [0.15, 0.2) is 0 Å². The lowest BCUT2D eigenvalue weighted by Gasteiger charge is -1.93. The summed E-state index contributed by atoms with van der Waals surface area (Å²) in [6.45, 7) is 0. The van der Waals surface area contributed by atoms with Crippen molar-refractivity contribution in [2.75, 3.05) is 0 Å². The van der Waals surface area contributed by atoms with Crippen LogP contribution in [0.3, 0.4) is 0 Å². The van der Waals surface area contributed by atoms with Crippen LogP contribution in [0.1, 0.15) is 11.1 Å². The molecule has 3 nitrogen and oxygen atoms in total. The van der Waals surface area contributed by atoms with Crippen molar-refractivity contribution in [3.63, 3.8) is 0 Å². The highest BCUT2D eigenvalue weighted by Gasteiger charge is 2.10. The molecule has 1 heterocycles. The first-order chi connectivity index (χ1) is 8.33. The maximum absolute atomic E-state index is 8.99. The number of hydrogen-bond donors (Lipinski definition) is 0. The van der Waals surface area contributed by atoms with Gasteiger partial charge in [-0.1, -0.05) is 18.2 Å². The lowest BCUT2D eigenvalue weighted by Crippen LogP contribution is -1.82. The maximum Gasteiger partial charge on any atom is 0.136 e. The Bertz CT molecular complexity index is 816. The summed E-state index contributed by atoms with van der Waals surface area (Å²) in [6.07, 6.45) is 0. The van der Waals surface area contributed by atoms with E-state index in [1.165, 1.54) is 0 Å². The Kier molecular flexibility index (Phi) is 1.87. The van der Waals surface area contributed by atoms with Crippen LogP contribution in [0.5, 0.6) is 0 Å². The molecular formula is C14H6N2O. The molecule has 17 heavy (non-hydrogen) atoms. The summed E-state index contributed by atoms with van der Waals surface area (Å²) in [4.78, 5) is 0. The van der Waals surface area contributed by atoms with Gasteiger partial charge in [0.25, 0.3) is 0 Å². The van der Waals surface area contributed by atoms with Crippen molar-refractivity contribution in [3.8, 4) is 12.1 Å².